The second-order valence-electron chi connectivity index (χ2n) is 10.6. The second kappa shape index (κ2) is 25.3. The van der Waals surface area contributed by atoms with Crippen molar-refractivity contribution in [1.82, 2.24) is 0 Å². The minimum absolute atomic E-state index is 1.50. The largest absolute Gasteiger partial charge is 0.0533 e. The first kappa shape index (κ1) is 28.0. The standard InChI is InChI=1S/10C3H6/c10*1-2-3-1/h10*1-3H2. The Morgan fingerprint density at radius 1 is 0.0667 bits per heavy atom. The molecule has 0 N–H and O–H groups in total. The molecule has 10 saturated carbocycles. The summed E-state index contributed by atoms with van der Waals surface area (Å²) in [5, 5.41) is 0. The van der Waals surface area contributed by atoms with Crippen LogP contribution in [0, 0.1) is 0 Å². The smallest absolute Gasteiger partial charge is 0.0533 e. The monoisotopic (exact) mass is 420 g/mol. The molecular weight excluding hydrogens is 360 g/mol. The van der Waals surface area contributed by atoms with Crippen LogP contribution in [0.4, 0.5) is 0 Å². The van der Waals surface area contributed by atoms with Gasteiger partial charge in [-0.2, -0.15) is 0 Å². The summed E-state index contributed by atoms with van der Waals surface area (Å²) in [7, 11) is 0. The fourth-order valence-electron chi connectivity index (χ4n) is 0. The summed E-state index contributed by atoms with van der Waals surface area (Å²) < 4.78 is 0. The molecular formula is C30H60. The number of rotatable bonds is 0. The Balaban J connectivity index is 0.000000167. The molecule has 0 aromatic carbocycles. The van der Waals surface area contributed by atoms with Gasteiger partial charge in [-0.3, -0.25) is 0 Å². The van der Waals surface area contributed by atoms with E-state index in [2.05, 4.69) is 0 Å². The first-order chi connectivity index (χ1) is 15.0. The Morgan fingerprint density at radius 2 is 0.100 bits per heavy atom. The Kier molecular flexibility index (Phi) is 23.6. The van der Waals surface area contributed by atoms with E-state index in [9.17, 15) is 0 Å². The van der Waals surface area contributed by atoms with Gasteiger partial charge in [0.15, 0.2) is 0 Å². The molecule has 0 spiro atoms. The maximum absolute atomic E-state index is 1.50. The predicted octanol–water partition coefficient (Wildman–Crippen LogP) is 11.7. The third-order valence-electron chi connectivity index (χ3n) is 3.54. The van der Waals surface area contributed by atoms with Crippen LogP contribution in [0.2, 0.25) is 0 Å². The zero-order valence-corrected chi connectivity index (χ0v) is 21.2. The van der Waals surface area contributed by atoms with E-state index in [1.807, 2.05) is 0 Å². The Morgan fingerprint density at radius 3 is 0.100 bits per heavy atom. The molecule has 0 aliphatic heterocycles. The Hall–Kier alpha value is 0. The normalized spacial score (nSPS) is 24.0. The molecule has 0 amide bonds. The lowest BCUT2D eigenvalue weighted by molar-refractivity contribution is 1.50. The molecule has 10 fully saturated rings. The topological polar surface area (TPSA) is 0 Å². The summed E-state index contributed by atoms with van der Waals surface area (Å²) in [5.74, 6) is 0. The van der Waals surface area contributed by atoms with E-state index in [0.29, 0.717) is 0 Å². The van der Waals surface area contributed by atoms with Crippen LogP contribution in [0.5, 0.6) is 0 Å². The quantitative estimate of drug-likeness (QED) is 0.365. The van der Waals surface area contributed by atoms with Crippen molar-refractivity contribution in [3.05, 3.63) is 0 Å². The minimum atomic E-state index is 1.50. The molecule has 0 nitrogen and oxygen atoms in total. The second-order valence-corrected chi connectivity index (χ2v) is 10.6. The molecule has 0 saturated heterocycles. The van der Waals surface area contributed by atoms with Crippen molar-refractivity contribution < 1.29 is 0 Å². The van der Waals surface area contributed by atoms with Gasteiger partial charge in [0.05, 0.1) is 0 Å². The van der Waals surface area contributed by atoms with Crippen molar-refractivity contribution in [2.45, 2.75) is 193 Å². The fourth-order valence-corrected chi connectivity index (χ4v) is 0. The summed E-state index contributed by atoms with van der Waals surface area (Å²) in [6.07, 6.45) is 45.0. The van der Waals surface area contributed by atoms with Crippen LogP contribution in [0.25, 0.3) is 0 Å². The molecule has 10 aliphatic rings. The first-order valence-electron chi connectivity index (χ1n) is 15.0. The Bertz CT molecular complexity index is 147. The number of hydrogen-bond donors (Lipinski definition) is 0. The lowest BCUT2D eigenvalue weighted by Crippen LogP contribution is -0.856. The molecule has 0 radical (unpaired) electrons. The van der Waals surface area contributed by atoms with E-state index in [4.69, 9.17) is 0 Å². The summed E-state index contributed by atoms with van der Waals surface area (Å²) in [6.45, 7) is 0. The van der Waals surface area contributed by atoms with E-state index in [-0.39, 0.29) is 0 Å². The third-order valence-corrected chi connectivity index (χ3v) is 3.54. The first-order valence-corrected chi connectivity index (χ1v) is 15.0. The molecule has 0 aromatic heterocycles. The van der Waals surface area contributed by atoms with Gasteiger partial charge in [0.2, 0.25) is 0 Å². The van der Waals surface area contributed by atoms with Crippen LogP contribution in [0.1, 0.15) is 193 Å². The summed E-state index contributed by atoms with van der Waals surface area (Å²) >= 11 is 0. The SMILES string of the molecule is C1CC1.C1CC1.C1CC1.C1CC1.C1CC1.C1CC1.C1CC1.C1CC1.C1CC1.C1CC1. The van der Waals surface area contributed by atoms with Gasteiger partial charge in [-0.25, -0.2) is 0 Å². The van der Waals surface area contributed by atoms with Crippen molar-refractivity contribution in [2.75, 3.05) is 0 Å². The highest BCUT2D eigenvalue weighted by Gasteiger charge is 1.97. The number of hydrogen-bond acceptors (Lipinski definition) is 0. The van der Waals surface area contributed by atoms with Crippen LogP contribution in [-0.4, -0.2) is 0 Å². The highest BCUT2D eigenvalue weighted by atomic mass is 14.0. The van der Waals surface area contributed by atoms with Crippen LogP contribution in [0.15, 0.2) is 0 Å². The molecule has 10 aliphatic carbocycles. The van der Waals surface area contributed by atoms with Crippen molar-refractivity contribution in [3.63, 3.8) is 0 Å². The maximum atomic E-state index is 1.50. The van der Waals surface area contributed by atoms with Crippen LogP contribution >= 0.6 is 0 Å². The van der Waals surface area contributed by atoms with E-state index < -0.39 is 0 Å². The molecule has 0 aromatic rings. The Labute approximate surface area is 192 Å². The van der Waals surface area contributed by atoms with Crippen LogP contribution in [0.3, 0.4) is 0 Å². The van der Waals surface area contributed by atoms with E-state index in [1.54, 1.807) is 0 Å². The van der Waals surface area contributed by atoms with Gasteiger partial charge in [0.1, 0.15) is 0 Å². The van der Waals surface area contributed by atoms with Gasteiger partial charge in [0.25, 0.3) is 0 Å². The van der Waals surface area contributed by atoms with E-state index >= 15 is 0 Å². The molecule has 0 bridgehead atoms. The lowest BCUT2D eigenvalue weighted by atomic mass is 11.0. The molecule has 10 rings (SSSR count). The molecule has 30 heavy (non-hydrogen) atoms. The predicted molar refractivity (Wildman–Crippen MR) is 139 cm³/mol. The highest BCUT2D eigenvalue weighted by Crippen LogP contribution is 2.17. The molecule has 180 valence electrons. The van der Waals surface area contributed by atoms with Crippen LogP contribution < -0.4 is 0 Å². The molecule has 0 atom stereocenters. The average Bonchev–Trinajstić information content (AvgIpc) is 3.77. The van der Waals surface area contributed by atoms with Gasteiger partial charge in [0, 0.05) is 0 Å². The van der Waals surface area contributed by atoms with Crippen LogP contribution in [-0.2, 0) is 0 Å². The minimum Gasteiger partial charge on any atom is -0.0533 e. The van der Waals surface area contributed by atoms with E-state index in [1.165, 1.54) is 193 Å². The fraction of sp³-hybridized carbons (Fsp3) is 1.00. The lowest BCUT2D eigenvalue weighted by Gasteiger charge is -1.05. The summed E-state index contributed by atoms with van der Waals surface area (Å²) in [4.78, 5) is 0. The highest BCUT2D eigenvalue weighted by molar-refractivity contribution is 4.53. The van der Waals surface area contributed by atoms with Gasteiger partial charge in [-0.15, -0.1) is 0 Å². The third kappa shape index (κ3) is 204. The molecule has 0 heteroatoms. The van der Waals surface area contributed by atoms with Crippen molar-refractivity contribution in [1.29, 1.82) is 0 Å². The summed E-state index contributed by atoms with van der Waals surface area (Å²) in [6, 6.07) is 0. The van der Waals surface area contributed by atoms with Crippen molar-refractivity contribution in [2.24, 2.45) is 0 Å². The summed E-state index contributed by atoms with van der Waals surface area (Å²) in [5.41, 5.74) is 0. The zero-order chi connectivity index (χ0) is 21.2. The van der Waals surface area contributed by atoms with Gasteiger partial charge in [-0.1, -0.05) is 193 Å². The van der Waals surface area contributed by atoms with E-state index in [0.717, 1.165) is 0 Å². The van der Waals surface area contributed by atoms with Crippen molar-refractivity contribution >= 4 is 0 Å². The van der Waals surface area contributed by atoms with Gasteiger partial charge < -0.3 is 0 Å². The average molecular weight is 421 g/mol. The van der Waals surface area contributed by atoms with Gasteiger partial charge in [-0.05, 0) is 0 Å². The zero-order valence-electron chi connectivity index (χ0n) is 21.2. The van der Waals surface area contributed by atoms with Gasteiger partial charge >= 0.3 is 0 Å². The van der Waals surface area contributed by atoms with Crippen molar-refractivity contribution in [3.8, 4) is 0 Å². The molecule has 0 unspecified atom stereocenters. The maximum Gasteiger partial charge on any atom is -0.0533 e. The molecule has 0 heterocycles.